The van der Waals surface area contributed by atoms with Gasteiger partial charge in [0.25, 0.3) is 5.91 Å². The van der Waals surface area contributed by atoms with Crippen LogP contribution in [0.1, 0.15) is 12.0 Å². The SMILES string of the molecule is Cc1ccc2c(c1)N(S(C)(=O)=O)CC[C@H](C(=O)Nc1ccc(Oc3ccccc3)cc1)O2. The molecule has 1 atom stereocenters. The average molecular weight is 453 g/mol. The molecule has 0 bridgehead atoms. The zero-order valence-corrected chi connectivity index (χ0v) is 18.6. The number of sulfonamides is 1. The molecule has 1 N–H and O–H groups in total. The van der Waals surface area contributed by atoms with Crippen LogP contribution in [0.4, 0.5) is 11.4 Å². The van der Waals surface area contributed by atoms with Gasteiger partial charge in [0.2, 0.25) is 10.0 Å². The van der Waals surface area contributed by atoms with E-state index in [1.165, 1.54) is 4.31 Å². The van der Waals surface area contributed by atoms with Gasteiger partial charge in [-0.15, -0.1) is 0 Å². The van der Waals surface area contributed by atoms with Crippen molar-refractivity contribution < 1.29 is 22.7 Å². The van der Waals surface area contributed by atoms with E-state index in [9.17, 15) is 13.2 Å². The maximum atomic E-state index is 12.9. The van der Waals surface area contributed by atoms with E-state index in [2.05, 4.69) is 5.32 Å². The quantitative estimate of drug-likeness (QED) is 0.622. The van der Waals surface area contributed by atoms with E-state index >= 15 is 0 Å². The van der Waals surface area contributed by atoms with E-state index < -0.39 is 16.1 Å². The molecule has 0 saturated carbocycles. The molecule has 1 aliphatic heterocycles. The summed E-state index contributed by atoms with van der Waals surface area (Å²) >= 11 is 0. The summed E-state index contributed by atoms with van der Waals surface area (Å²) in [6.45, 7) is 2.03. The highest BCUT2D eigenvalue weighted by atomic mass is 32.2. The van der Waals surface area contributed by atoms with Gasteiger partial charge in [0, 0.05) is 18.7 Å². The molecule has 1 heterocycles. The fourth-order valence-electron chi connectivity index (χ4n) is 3.47. The lowest BCUT2D eigenvalue weighted by Crippen LogP contribution is -2.35. The zero-order valence-electron chi connectivity index (χ0n) is 17.8. The standard InChI is InChI=1S/C24H24N2O5S/c1-17-8-13-22-21(16-17)26(32(2,28)29)15-14-23(31-22)24(27)25-18-9-11-20(12-10-18)30-19-6-4-3-5-7-19/h3-13,16,23H,14-15H2,1-2H3,(H,25,27)/t23-/m1/s1. The van der Waals surface area contributed by atoms with Crippen molar-refractivity contribution in [2.75, 3.05) is 22.4 Å². The highest BCUT2D eigenvalue weighted by molar-refractivity contribution is 7.92. The van der Waals surface area contributed by atoms with Crippen LogP contribution < -0.4 is 19.1 Å². The van der Waals surface area contributed by atoms with E-state index in [4.69, 9.17) is 9.47 Å². The van der Waals surface area contributed by atoms with Gasteiger partial charge in [-0.2, -0.15) is 0 Å². The Kier molecular flexibility index (Phi) is 6.05. The number of carbonyl (C=O) groups excluding carboxylic acids is 1. The molecule has 4 rings (SSSR count). The van der Waals surface area contributed by atoms with Crippen LogP contribution in [0.2, 0.25) is 0 Å². The predicted molar refractivity (Wildman–Crippen MR) is 124 cm³/mol. The molecule has 7 nitrogen and oxygen atoms in total. The van der Waals surface area contributed by atoms with Gasteiger partial charge in [0.15, 0.2) is 6.10 Å². The van der Waals surface area contributed by atoms with Crippen molar-refractivity contribution in [2.24, 2.45) is 0 Å². The average Bonchev–Trinajstić information content (AvgIpc) is 2.95. The molecule has 0 fully saturated rings. The number of carbonyl (C=O) groups is 1. The maximum absolute atomic E-state index is 12.9. The molecular formula is C24H24N2O5S. The van der Waals surface area contributed by atoms with Crippen molar-refractivity contribution in [1.29, 1.82) is 0 Å². The Morgan fingerprint density at radius 1 is 1.03 bits per heavy atom. The first kappa shape index (κ1) is 21.7. The van der Waals surface area contributed by atoms with Crippen LogP contribution in [0.5, 0.6) is 17.2 Å². The number of aryl methyl sites for hydroxylation is 1. The second kappa shape index (κ2) is 8.92. The fourth-order valence-corrected chi connectivity index (χ4v) is 4.41. The smallest absolute Gasteiger partial charge is 0.265 e. The van der Waals surface area contributed by atoms with Gasteiger partial charge in [0.05, 0.1) is 11.9 Å². The summed E-state index contributed by atoms with van der Waals surface area (Å²) in [4.78, 5) is 12.9. The molecule has 0 saturated heterocycles. The summed E-state index contributed by atoms with van der Waals surface area (Å²) < 4.78 is 37.6. The van der Waals surface area contributed by atoms with E-state index in [1.807, 2.05) is 43.3 Å². The Morgan fingerprint density at radius 2 is 1.72 bits per heavy atom. The fraction of sp³-hybridized carbons (Fsp3) is 0.208. The Balaban J connectivity index is 1.47. The van der Waals surface area contributed by atoms with Gasteiger partial charge < -0.3 is 14.8 Å². The first-order chi connectivity index (χ1) is 15.3. The number of benzene rings is 3. The summed E-state index contributed by atoms with van der Waals surface area (Å²) in [7, 11) is -3.51. The van der Waals surface area contributed by atoms with Crippen LogP contribution in [0.25, 0.3) is 0 Å². The largest absolute Gasteiger partial charge is 0.478 e. The van der Waals surface area contributed by atoms with Gasteiger partial charge in [-0.3, -0.25) is 9.10 Å². The third-order valence-electron chi connectivity index (χ3n) is 5.04. The van der Waals surface area contributed by atoms with Crippen molar-refractivity contribution in [3.05, 3.63) is 78.4 Å². The Hall–Kier alpha value is -3.52. The third-order valence-corrected chi connectivity index (χ3v) is 6.22. The van der Waals surface area contributed by atoms with Crippen molar-refractivity contribution in [3.63, 3.8) is 0 Å². The molecule has 0 unspecified atom stereocenters. The molecule has 0 aromatic heterocycles. The van der Waals surface area contributed by atoms with Crippen molar-refractivity contribution >= 4 is 27.3 Å². The maximum Gasteiger partial charge on any atom is 0.265 e. The van der Waals surface area contributed by atoms with Crippen LogP contribution in [0.3, 0.4) is 0 Å². The molecule has 3 aromatic carbocycles. The van der Waals surface area contributed by atoms with Gasteiger partial charge in [-0.05, 0) is 61.0 Å². The molecule has 8 heteroatoms. The van der Waals surface area contributed by atoms with Crippen molar-refractivity contribution in [1.82, 2.24) is 0 Å². The molecule has 1 aliphatic rings. The van der Waals surface area contributed by atoms with E-state index in [1.54, 1.807) is 36.4 Å². The minimum absolute atomic E-state index is 0.150. The highest BCUT2D eigenvalue weighted by Crippen LogP contribution is 2.35. The second-order valence-electron chi connectivity index (χ2n) is 7.63. The molecule has 0 radical (unpaired) electrons. The lowest BCUT2D eigenvalue weighted by Gasteiger charge is -2.21. The number of hydrogen-bond acceptors (Lipinski definition) is 5. The van der Waals surface area contributed by atoms with Crippen LogP contribution in [-0.4, -0.2) is 33.2 Å². The molecular weight excluding hydrogens is 428 g/mol. The summed E-state index contributed by atoms with van der Waals surface area (Å²) in [6.07, 6.45) is 0.545. The number of para-hydroxylation sites is 1. The lowest BCUT2D eigenvalue weighted by molar-refractivity contribution is -0.122. The number of nitrogens with one attached hydrogen (secondary N) is 1. The number of rotatable bonds is 5. The monoisotopic (exact) mass is 452 g/mol. The number of ether oxygens (including phenoxy) is 2. The lowest BCUT2D eigenvalue weighted by atomic mass is 10.2. The highest BCUT2D eigenvalue weighted by Gasteiger charge is 2.31. The van der Waals surface area contributed by atoms with Crippen LogP contribution >= 0.6 is 0 Å². The molecule has 3 aromatic rings. The zero-order chi connectivity index (χ0) is 22.7. The van der Waals surface area contributed by atoms with E-state index in [-0.39, 0.29) is 18.9 Å². The number of fused-ring (bicyclic) bond motifs is 1. The first-order valence-corrected chi connectivity index (χ1v) is 12.0. The molecule has 1 amide bonds. The van der Waals surface area contributed by atoms with Crippen LogP contribution in [0.15, 0.2) is 72.8 Å². The van der Waals surface area contributed by atoms with E-state index in [0.29, 0.717) is 22.9 Å². The Bertz CT molecular complexity index is 1210. The molecule has 166 valence electrons. The minimum Gasteiger partial charge on any atom is -0.478 e. The number of amides is 1. The summed E-state index contributed by atoms with van der Waals surface area (Å²) in [6, 6.07) is 21.7. The topological polar surface area (TPSA) is 84.9 Å². The second-order valence-corrected chi connectivity index (χ2v) is 9.54. The molecule has 32 heavy (non-hydrogen) atoms. The van der Waals surface area contributed by atoms with Gasteiger partial charge >= 0.3 is 0 Å². The normalized spacial score (nSPS) is 15.8. The molecule has 0 spiro atoms. The summed E-state index contributed by atoms with van der Waals surface area (Å²) in [5.41, 5.74) is 1.94. The van der Waals surface area contributed by atoms with Gasteiger partial charge in [-0.25, -0.2) is 8.42 Å². The molecule has 0 aliphatic carbocycles. The van der Waals surface area contributed by atoms with E-state index in [0.717, 1.165) is 17.6 Å². The van der Waals surface area contributed by atoms with Gasteiger partial charge in [0.1, 0.15) is 17.2 Å². The Labute approximate surface area is 187 Å². The third kappa shape index (κ3) is 5.03. The van der Waals surface area contributed by atoms with Crippen molar-refractivity contribution in [3.8, 4) is 17.2 Å². The number of anilines is 2. The van der Waals surface area contributed by atoms with Crippen molar-refractivity contribution in [2.45, 2.75) is 19.4 Å². The number of nitrogens with zero attached hydrogens (tertiary/aromatic N) is 1. The summed E-state index contributed by atoms with van der Waals surface area (Å²) in [5.74, 6) is 1.39. The predicted octanol–water partition coefficient (Wildman–Crippen LogP) is 4.34. The Morgan fingerprint density at radius 3 is 2.41 bits per heavy atom. The van der Waals surface area contributed by atoms with Crippen LogP contribution in [-0.2, 0) is 14.8 Å². The van der Waals surface area contributed by atoms with Crippen LogP contribution in [0, 0.1) is 6.92 Å². The summed E-state index contributed by atoms with van der Waals surface area (Å²) in [5, 5.41) is 2.84. The number of hydrogen-bond donors (Lipinski definition) is 1. The minimum atomic E-state index is -3.51. The first-order valence-electron chi connectivity index (χ1n) is 10.2. The van der Waals surface area contributed by atoms with Gasteiger partial charge in [-0.1, -0.05) is 24.3 Å².